The molecule has 0 bridgehead atoms. The molecule has 3 N–H and O–H groups in total. The summed E-state index contributed by atoms with van der Waals surface area (Å²) in [7, 11) is 0. The number of rotatable bonds is 14. The van der Waals surface area contributed by atoms with Crippen molar-refractivity contribution in [2.45, 2.75) is 13.8 Å². The Bertz CT molecular complexity index is 371. The lowest BCUT2D eigenvalue weighted by Crippen LogP contribution is -2.44. The fourth-order valence-electron chi connectivity index (χ4n) is 2.16. The molecule has 0 atom stereocenters. The Morgan fingerprint density at radius 1 is 0.609 bits per heavy atom. The Hall–Kier alpha value is -1.71. The van der Waals surface area contributed by atoms with Crippen molar-refractivity contribution in [3.8, 4) is 0 Å². The third-order valence-corrected chi connectivity index (χ3v) is 3.44. The highest BCUT2D eigenvalue weighted by Gasteiger charge is 2.16. The van der Waals surface area contributed by atoms with Gasteiger partial charge in [0.05, 0.1) is 19.6 Å². The molecule has 9 nitrogen and oxygen atoms in total. The number of carboxylic acid groups (broad SMARTS) is 3. The molecule has 0 aromatic carbocycles. The quantitative estimate of drug-likeness (QED) is 0.374. The number of hydrogen-bond acceptors (Lipinski definition) is 6. The molecule has 134 valence electrons. The number of nitrogens with zero attached hydrogens (tertiary/aromatic N) is 3. The van der Waals surface area contributed by atoms with Crippen LogP contribution in [0.1, 0.15) is 13.8 Å². The molecule has 0 fully saturated rings. The Morgan fingerprint density at radius 2 is 0.913 bits per heavy atom. The second-order valence-electron chi connectivity index (χ2n) is 5.19. The number of carbonyl (C=O) groups is 3. The van der Waals surface area contributed by atoms with E-state index in [-0.39, 0.29) is 26.2 Å². The minimum absolute atomic E-state index is 0.157. The molecule has 0 aromatic rings. The Balaban J connectivity index is 4.56. The summed E-state index contributed by atoms with van der Waals surface area (Å²) in [5, 5.41) is 26.6. The van der Waals surface area contributed by atoms with Crippen LogP contribution in [0.15, 0.2) is 0 Å². The van der Waals surface area contributed by atoms with Gasteiger partial charge in [-0.3, -0.25) is 24.2 Å². The van der Waals surface area contributed by atoms with Crippen molar-refractivity contribution in [3.05, 3.63) is 0 Å². The maximum atomic E-state index is 10.9. The normalized spacial score (nSPS) is 11.3. The predicted molar refractivity (Wildman–Crippen MR) is 83.6 cm³/mol. The maximum Gasteiger partial charge on any atom is 0.317 e. The van der Waals surface area contributed by atoms with Crippen molar-refractivity contribution < 1.29 is 29.7 Å². The van der Waals surface area contributed by atoms with Gasteiger partial charge >= 0.3 is 17.9 Å². The molecular formula is C14H27N3O6. The lowest BCUT2D eigenvalue weighted by molar-refractivity contribution is -0.143. The van der Waals surface area contributed by atoms with E-state index in [2.05, 4.69) is 4.90 Å². The number of likely N-dealkylation sites (N-methyl/N-ethyl adjacent to an activating group) is 1. The molecule has 0 unspecified atom stereocenters. The van der Waals surface area contributed by atoms with Crippen LogP contribution in [-0.2, 0) is 14.4 Å². The van der Waals surface area contributed by atoms with Crippen molar-refractivity contribution in [1.82, 2.24) is 14.7 Å². The van der Waals surface area contributed by atoms with E-state index in [9.17, 15) is 14.4 Å². The van der Waals surface area contributed by atoms with Gasteiger partial charge in [0.25, 0.3) is 0 Å². The molecule has 0 rings (SSSR count). The summed E-state index contributed by atoms with van der Waals surface area (Å²) >= 11 is 0. The van der Waals surface area contributed by atoms with E-state index in [0.29, 0.717) is 19.6 Å². The maximum absolute atomic E-state index is 10.9. The van der Waals surface area contributed by atoms with Gasteiger partial charge in [-0.25, -0.2) is 0 Å². The summed E-state index contributed by atoms with van der Waals surface area (Å²) in [5.74, 6) is -3.19. The van der Waals surface area contributed by atoms with Gasteiger partial charge in [0.2, 0.25) is 0 Å². The van der Waals surface area contributed by atoms with E-state index in [0.717, 1.165) is 13.1 Å². The highest BCUT2D eigenvalue weighted by atomic mass is 16.4. The molecule has 0 spiro atoms. The van der Waals surface area contributed by atoms with Gasteiger partial charge in [0.1, 0.15) is 0 Å². The number of aliphatic carboxylic acids is 3. The molecule has 0 saturated carbocycles. The van der Waals surface area contributed by atoms with Crippen LogP contribution in [0.25, 0.3) is 0 Å². The minimum atomic E-state index is -1.11. The summed E-state index contributed by atoms with van der Waals surface area (Å²) in [4.78, 5) is 37.6. The van der Waals surface area contributed by atoms with Crippen LogP contribution in [0.5, 0.6) is 0 Å². The first-order chi connectivity index (χ1) is 10.8. The third kappa shape index (κ3) is 11.5. The van der Waals surface area contributed by atoms with Gasteiger partial charge in [-0.05, 0) is 13.1 Å². The van der Waals surface area contributed by atoms with Crippen molar-refractivity contribution in [2.24, 2.45) is 0 Å². The van der Waals surface area contributed by atoms with E-state index in [1.165, 1.54) is 4.90 Å². The zero-order valence-corrected chi connectivity index (χ0v) is 13.8. The van der Waals surface area contributed by atoms with Gasteiger partial charge in [-0.15, -0.1) is 0 Å². The topological polar surface area (TPSA) is 122 Å². The van der Waals surface area contributed by atoms with E-state index in [1.807, 2.05) is 13.8 Å². The Kier molecular flexibility index (Phi) is 10.9. The fourth-order valence-corrected chi connectivity index (χ4v) is 2.16. The number of carboxylic acids is 3. The fraction of sp³-hybridized carbons (Fsp3) is 0.786. The lowest BCUT2D eigenvalue weighted by atomic mass is 10.3. The van der Waals surface area contributed by atoms with Crippen LogP contribution in [0.4, 0.5) is 0 Å². The van der Waals surface area contributed by atoms with Crippen LogP contribution >= 0.6 is 0 Å². The van der Waals surface area contributed by atoms with E-state index < -0.39 is 17.9 Å². The molecule has 0 heterocycles. The average molecular weight is 333 g/mol. The molecule has 0 aromatic heterocycles. The first kappa shape index (κ1) is 21.3. The van der Waals surface area contributed by atoms with Crippen LogP contribution in [0, 0.1) is 0 Å². The predicted octanol–water partition coefficient (Wildman–Crippen LogP) is -0.814. The standard InChI is InChI=1S/C14H27N3O6/c1-3-15(4-2)5-6-16(9-12(18)19)7-8-17(10-13(20)21)11-14(22)23/h3-11H2,1-2H3,(H,18,19)(H,20,21)(H,22,23). The van der Waals surface area contributed by atoms with Gasteiger partial charge in [-0.1, -0.05) is 13.8 Å². The van der Waals surface area contributed by atoms with Crippen molar-refractivity contribution in [3.63, 3.8) is 0 Å². The first-order valence-corrected chi connectivity index (χ1v) is 7.60. The molecule has 0 saturated heterocycles. The molecule has 0 aliphatic heterocycles. The van der Waals surface area contributed by atoms with Crippen LogP contribution in [-0.4, -0.2) is 107 Å². The van der Waals surface area contributed by atoms with E-state index in [1.54, 1.807) is 4.90 Å². The third-order valence-electron chi connectivity index (χ3n) is 3.44. The monoisotopic (exact) mass is 333 g/mol. The molecule has 0 radical (unpaired) electrons. The van der Waals surface area contributed by atoms with Gasteiger partial charge in [0.15, 0.2) is 0 Å². The van der Waals surface area contributed by atoms with Gasteiger partial charge in [0, 0.05) is 26.2 Å². The minimum Gasteiger partial charge on any atom is -0.480 e. The van der Waals surface area contributed by atoms with Crippen molar-refractivity contribution in [2.75, 3.05) is 58.9 Å². The molecule has 23 heavy (non-hydrogen) atoms. The molecule has 0 aliphatic rings. The van der Waals surface area contributed by atoms with Gasteiger partial charge < -0.3 is 20.2 Å². The first-order valence-electron chi connectivity index (χ1n) is 7.60. The summed E-state index contributed by atoms with van der Waals surface area (Å²) in [6, 6.07) is 0. The van der Waals surface area contributed by atoms with E-state index >= 15 is 0 Å². The molecule has 9 heteroatoms. The van der Waals surface area contributed by atoms with Crippen molar-refractivity contribution in [1.29, 1.82) is 0 Å². The lowest BCUT2D eigenvalue weighted by Gasteiger charge is -2.27. The zero-order chi connectivity index (χ0) is 17.8. The molecule has 0 aliphatic carbocycles. The van der Waals surface area contributed by atoms with E-state index in [4.69, 9.17) is 15.3 Å². The zero-order valence-electron chi connectivity index (χ0n) is 13.8. The second-order valence-corrected chi connectivity index (χ2v) is 5.19. The highest BCUT2D eigenvalue weighted by molar-refractivity contribution is 5.72. The largest absolute Gasteiger partial charge is 0.480 e. The number of hydrogen-bond donors (Lipinski definition) is 3. The van der Waals surface area contributed by atoms with Gasteiger partial charge in [-0.2, -0.15) is 0 Å². The molecular weight excluding hydrogens is 306 g/mol. The Labute approximate surface area is 136 Å². The summed E-state index contributed by atoms with van der Waals surface area (Å²) in [6.45, 7) is 6.56. The van der Waals surface area contributed by atoms with Crippen molar-refractivity contribution >= 4 is 17.9 Å². The molecule has 0 amide bonds. The van der Waals surface area contributed by atoms with Crippen LogP contribution < -0.4 is 0 Å². The highest BCUT2D eigenvalue weighted by Crippen LogP contribution is 1.96. The Morgan fingerprint density at radius 3 is 1.26 bits per heavy atom. The summed E-state index contributed by atoms with van der Waals surface area (Å²) in [5.41, 5.74) is 0. The SMILES string of the molecule is CCN(CC)CCN(CCN(CC(=O)O)CC(=O)O)CC(=O)O. The summed E-state index contributed by atoms with van der Waals surface area (Å²) < 4.78 is 0. The second kappa shape index (κ2) is 11.8. The smallest absolute Gasteiger partial charge is 0.317 e. The summed E-state index contributed by atoms with van der Waals surface area (Å²) in [6.07, 6.45) is 0. The average Bonchev–Trinajstić information content (AvgIpc) is 2.43. The van der Waals surface area contributed by atoms with Crippen LogP contribution in [0.3, 0.4) is 0 Å². The van der Waals surface area contributed by atoms with Crippen LogP contribution in [0.2, 0.25) is 0 Å².